The van der Waals surface area contributed by atoms with Crippen molar-refractivity contribution in [1.82, 2.24) is 5.32 Å². The highest BCUT2D eigenvalue weighted by molar-refractivity contribution is 5.86. The van der Waals surface area contributed by atoms with Crippen molar-refractivity contribution in [2.75, 3.05) is 7.05 Å². The summed E-state index contributed by atoms with van der Waals surface area (Å²) in [7, 11) is 1.57. The molecule has 2 unspecified atom stereocenters. The molecule has 3 nitrogen and oxygen atoms in total. The van der Waals surface area contributed by atoms with Crippen LogP contribution in [0.4, 0.5) is 4.39 Å². The van der Waals surface area contributed by atoms with E-state index in [4.69, 9.17) is 0 Å². The van der Waals surface area contributed by atoms with E-state index >= 15 is 0 Å². The molecule has 0 fully saturated rings. The van der Waals surface area contributed by atoms with Crippen molar-refractivity contribution in [3.8, 4) is 0 Å². The summed E-state index contributed by atoms with van der Waals surface area (Å²) in [5, 5.41) is 2.69. The number of rotatable bonds is 5. The molecule has 0 aliphatic heterocycles. The van der Waals surface area contributed by atoms with Crippen LogP contribution in [0, 0.1) is 5.41 Å². The number of hydrogen-bond donors (Lipinski definition) is 1. The fraction of sp³-hybridized carbons (Fsp3) is 0.800. The predicted octanol–water partition coefficient (Wildman–Crippen LogP) is 1.12. The number of alkyl halides is 1. The van der Waals surface area contributed by atoms with E-state index in [0.717, 1.165) is 0 Å². The maximum absolute atomic E-state index is 14.1. The van der Waals surface area contributed by atoms with Gasteiger partial charge < -0.3 is 10.1 Å². The Morgan fingerprint density at radius 2 is 1.86 bits per heavy atom. The Hall–Kier alpha value is -0.770. The summed E-state index contributed by atoms with van der Waals surface area (Å²) in [6, 6.07) is -0.679. The van der Waals surface area contributed by atoms with Crippen molar-refractivity contribution in [3.05, 3.63) is 0 Å². The minimum absolute atomic E-state index is 0.565. The van der Waals surface area contributed by atoms with Gasteiger partial charge >= 0.3 is 0 Å². The van der Waals surface area contributed by atoms with E-state index in [-0.39, 0.29) is 0 Å². The normalized spacial score (nSPS) is 18.4. The quantitative estimate of drug-likeness (QED) is 0.681. The van der Waals surface area contributed by atoms with Crippen LogP contribution in [0.3, 0.4) is 0 Å². The first-order valence-corrected chi connectivity index (χ1v) is 4.54. The standard InChI is InChI=1S/C10H18FNO2/c1-7(14)10(4,11)9(2,3)8(6-13)12-5/h6,8,12H,1-5H3. The molecule has 0 rings (SSSR count). The van der Waals surface area contributed by atoms with Crippen LogP contribution in [0.25, 0.3) is 0 Å². The summed E-state index contributed by atoms with van der Waals surface area (Å²) < 4.78 is 14.1. The summed E-state index contributed by atoms with van der Waals surface area (Å²) in [5.74, 6) is -0.565. The minimum Gasteiger partial charge on any atom is -0.310 e. The van der Waals surface area contributed by atoms with E-state index in [2.05, 4.69) is 5.32 Å². The van der Waals surface area contributed by atoms with Gasteiger partial charge in [0.25, 0.3) is 0 Å². The molecule has 14 heavy (non-hydrogen) atoms. The Balaban J connectivity index is 5.10. The molecule has 0 saturated heterocycles. The summed E-state index contributed by atoms with van der Waals surface area (Å²) in [6.07, 6.45) is 0.626. The fourth-order valence-corrected chi connectivity index (χ4v) is 1.34. The number of halogens is 1. The number of ketones is 1. The molecule has 1 N–H and O–H groups in total. The van der Waals surface area contributed by atoms with Crippen molar-refractivity contribution < 1.29 is 14.0 Å². The van der Waals surface area contributed by atoms with E-state index in [9.17, 15) is 14.0 Å². The van der Waals surface area contributed by atoms with Crippen LogP contribution in [-0.2, 0) is 9.59 Å². The highest BCUT2D eigenvalue weighted by atomic mass is 19.1. The zero-order valence-electron chi connectivity index (χ0n) is 9.35. The Bertz CT molecular complexity index is 236. The lowest BCUT2D eigenvalue weighted by atomic mass is 9.70. The lowest BCUT2D eigenvalue weighted by Gasteiger charge is -2.39. The first kappa shape index (κ1) is 13.2. The van der Waals surface area contributed by atoms with Crippen molar-refractivity contribution in [3.63, 3.8) is 0 Å². The average molecular weight is 203 g/mol. The second kappa shape index (κ2) is 4.17. The minimum atomic E-state index is -2.01. The molecule has 0 spiro atoms. The van der Waals surface area contributed by atoms with Crippen LogP contribution in [-0.4, -0.2) is 30.8 Å². The third kappa shape index (κ3) is 2.00. The Kier molecular flexibility index (Phi) is 3.94. The molecule has 0 heterocycles. The molecular weight excluding hydrogens is 185 g/mol. The molecule has 0 radical (unpaired) electrons. The van der Waals surface area contributed by atoms with Gasteiger partial charge in [-0.3, -0.25) is 4.79 Å². The van der Waals surface area contributed by atoms with Gasteiger partial charge in [-0.15, -0.1) is 0 Å². The summed E-state index contributed by atoms with van der Waals surface area (Å²) in [5.41, 5.74) is -3.07. The monoisotopic (exact) mass is 203 g/mol. The van der Waals surface area contributed by atoms with Crippen molar-refractivity contribution in [2.45, 2.75) is 39.4 Å². The second-order valence-corrected chi connectivity index (χ2v) is 4.18. The first-order chi connectivity index (χ1) is 6.21. The van der Waals surface area contributed by atoms with Crippen LogP contribution < -0.4 is 5.32 Å². The zero-order valence-corrected chi connectivity index (χ0v) is 9.35. The number of aldehydes is 1. The summed E-state index contributed by atoms with van der Waals surface area (Å²) >= 11 is 0. The van der Waals surface area contributed by atoms with Gasteiger partial charge in [0, 0.05) is 5.41 Å². The zero-order chi connectivity index (χ0) is 11.6. The molecule has 0 aliphatic rings. The van der Waals surface area contributed by atoms with Gasteiger partial charge in [0.05, 0.1) is 6.04 Å². The van der Waals surface area contributed by atoms with E-state index < -0.39 is 22.9 Å². The summed E-state index contributed by atoms with van der Waals surface area (Å²) in [6.45, 7) is 5.52. The maximum Gasteiger partial charge on any atom is 0.172 e. The van der Waals surface area contributed by atoms with Crippen LogP contribution in [0.5, 0.6) is 0 Å². The molecule has 0 bridgehead atoms. The molecule has 0 amide bonds. The SMILES string of the molecule is CNC(C=O)C(C)(C)C(C)(F)C(C)=O. The third-order valence-corrected chi connectivity index (χ3v) is 3.10. The highest BCUT2D eigenvalue weighted by Crippen LogP contribution is 2.37. The molecule has 4 heteroatoms. The lowest BCUT2D eigenvalue weighted by molar-refractivity contribution is -0.137. The number of likely N-dealkylation sites (N-methyl/N-ethyl adjacent to an activating group) is 1. The topological polar surface area (TPSA) is 46.2 Å². The van der Waals surface area contributed by atoms with Gasteiger partial charge in [0.1, 0.15) is 6.29 Å². The summed E-state index contributed by atoms with van der Waals surface area (Å²) in [4.78, 5) is 21.8. The van der Waals surface area contributed by atoms with Crippen LogP contribution in [0.2, 0.25) is 0 Å². The van der Waals surface area contributed by atoms with Crippen LogP contribution >= 0.6 is 0 Å². The van der Waals surface area contributed by atoms with Gasteiger partial charge in [0.15, 0.2) is 11.5 Å². The number of carbonyl (C=O) groups excluding carboxylic acids is 2. The molecule has 0 aliphatic carbocycles. The van der Waals surface area contributed by atoms with E-state index in [1.807, 2.05) is 0 Å². The largest absolute Gasteiger partial charge is 0.310 e. The fourth-order valence-electron chi connectivity index (χ4n) is 1.34. The van der Waals surface area contributed by atoms with E-state index in [1.165, 1.54) is 13.8 Å². The van der Waals surface area contributed by atoms with E-state index in [0.29, 0.717) is 6.29 Å². The Morgan fingerprint density at radius 3 is 2.07 bits per heavy atom. The second-order valence-electron chi connectivity index (χ2n) is 4.18. The Labute approximate surface area is 84.1 Å². The van der Waals surface area contributed by atoms with Gasteiger partial charge in [0.2, 0.25) is 0 Å². The van der Waals surface area contributed by atoms with Crippen molar-refractivity contribution in [2.24, 2.45) is 5.41 Å². The smallest absolute Gasteiger partial charge is 0.172 e. The van der Waals surface area contributed by atoms with Gasteiger partial charge in [-0.05, 0) is 20.9 Å². The third-order valence-electron chi connectivity index (χ3n) is 3.10. The average Bonchev–Trinajstić information content (AvgIpc) is 2.05. The highest BCUT2D eigenvalue weighted by Gasteiger charge is 2.49. The number of hydrogen-bond acceptors (Lipinski definition) is 3. The molecule has 0 aromatic heterocycles. The van der Waals surface area contributed by atoms with Crippen molar-refractivity contribution >= 4 is 12.1 Å². The molecule has 0 saturated carbocycles. The van der Waals surface area contributed by atoms with E-state index in [1.54, 1.807) is 20.9 Å². The number of nitrogens with one attached hydrogen (secondary N) is 1. The predicted molar refractivity (Wildman–Crippen MR) is 52.9 cm³/mol. The maximum atomic E-state index is 14.1. The molecule has 2 atom stereocenters. The van der Waals surface area contributed by atoms with Gasteiger partial charge in [-0.2, -0.15) is 0 Å². The van der Waals surface area contributed by atoms with Gasteiger partial charge in [-0.25, -0.2) is 4.39 Å². The van der Waals surface area contributed by atoms with Crippen LogP contribution in [0.1, 0.15) is 27.7 Å². The number of Topliss-reactive ketones (excluding diaryl/α,β-unsaturated/α-hetero) is 1. The van der Waals surface area contributed by atoms with Crippen LogP contribution in [0.15, 0.2) is 0 Å². The molecule has 0 aromatic carbocycles. The molecule has 82 valence electrons. The number of carbonyl (C=O) groups is 2. The first-order valence-electron chi connectivity index (χ1n) is 4.54. The van der Waals surface area contributed by atoms with Gasteiger partial charge in [-0.1, -0.05) is 13.8 Å². The lowest BCUT2D eigenvalue weighted by Crippen LogP contribution is -2.55. The molecular formula is C10H18FNO2. The van der Waals surface area contributed by atoms with Crippen molar-refractivity contribution in [1.29, 1.82) is 0 Å². The Morgan fingerprint density at radius 1 is 1.43 bits per heavy atom. The molecule has 0 aromatic rings.